The number of rotatable bonds is 6. The molecule has 2 aromatic rings. The zero-order valence-corrected chi connectivity index (χ0v) is 12.1. The monoisotopic (exact) mass is 278 g/mol. The van der Waals surface area contributed by atoms with Crippen LogP contribution in [0.2, 0.25) is 5.22 Å². The highest BCUT2D eigenvalue weighted by Crippen LogP contribution is 2.22. The Morgan fingerprint density at radius 1 is 1.32 bits per heavy atom. The summed E-state index contributed by atoms with van der Waals surface area (Å²) in [6.07, 6.45) is 3.76. The van der Waals surface area contributed by atoms with Gasteiger partial charge in [0.15, 0.2) is 5.22 Å². The first kappa shape index (κ1) is 14.1. The van der Waals surface area contributed by atoms with E-state index < -0.39 is 0 Å². The van der Waals surface area contributed by atoms with Gasteiger partial charge in [-0.15, -0.1) is 0 Å². The van der Waals surface area contributed by atoms with Crippen LogP contribution >= 0.6 is 11.6 Å². The van der Waals surface area contributed by atoms with Gasteiger partial charge in [0.1, 0.15) is 5.76 Å². The average molecular weight is 279 g/mol. The van der Waals surface area contributed by atoms with Crippen molar-refractivity contribution in [3.8, 4) is 0 Å². The minimum atomic E-state index is 0.114. The lowest BCUT2D eigenvalue weighted by Gasteiger charge is -2.15. The van der Waals surface area contributed by atoms with E-state index in [4.69, 9.17) is 16.0 Å². The molecule has 0 bridgehead atoms. The Morgan fingerprint density at radius 2 is 2.16 bits per heavy atom. The molecule has 4 heteroatoms. The molecule has 0 aromatic carbocycles. The van der Waals surface area contributed by atoms with Gasteiger partial charge in [-0.2, -0.15) is 0 Å². The first-order valence-electron chi connectivity index (χ1n) is 6.59. The van der Waals surface area contributed by atoms with Gasteiger partial charge in [0.2, 0.25) is 0 Å². The second kappa shape index (κ2) is 6.73. The quantitative estimate of drug-likeness (QED) is 0.870. The molecule has 0 radical (unpaired) electrons. The van der Waals surface area contributed by atoms with Crippen molar-refractivity contribution in [1.82, 2.24) is 10.3 Å². The molecule has 1 unspecified atom stereocenters. The summed E-state index contributed by atoms with van der Waals surface area (Å²) in [5, 5.41) is 3.90. The van der Waals surface area contributed by atoms with Crippen LogP contribution in [0, 0.1) is 6.92 Å². The maximum absolute atomic E-state index is 5.85. The number of hydrogen-bond donors (Lipinski definition) is 1. The van der Waals surface area contributed by atoms with E-state index in [1.165, 1.54) is 5.56 Å². The van der Waals surface area contributed by atoms with Crippen LogP contribution in [0.3, 0.4) is 0 Å². The van der Waals surface area contributed by atoms with Crippen molar-refractivity contribution >= 4 is 11.6 Å². The van der Waals surface area contributed by atoms with Crippen molar-refractivity contribution in [3.05, 3.63) is 52.7 Å². The van der Waals surface area contributed by atoms with Gasteiger partial charge >= 0.3 is 0 Å². The van der Waals surface area contributed by atoms with Crippen LogP contribution in [0.1, 0.15) is 36.4 Å². The standard InChI is InChI=1S/C15H19ClN2O/c1-3-8-17-13(14-6-7-15(16)19-14)9-12-5-4-11(2)10-18-12/h4-7,10,13,17H,3,8-9H2,1-2H3. The van der Waals surface area contributed by atoms with Crippen LogP contribution in [0.4, 0.5) is 0 Å². The Balaban J connectivity index is 2.11. The summed E-state index contributed by atoms with van der Waals surface area (Å²) in [5.74, 6) is 0.862. The molecular formula is C15H19ClN2O. The summed E-state index contributed by atoms with van der Waals surface area (Å²) >= 11 is 5.85. The molecule has 0 aliphatic heterocycles. The third-order valence-corrected chi connectivity index (χ3v) is 3.17. The molecule has 19 heavy (non-hydrogen) atoms. The molecule has 2 rings (SSSR count). The predicted octanol–water partition coefficient (Wildman–Crippen LogP) is 3.92. The lowest BCUT2D eigenvalue weighted by molar-refractivity contribution is 0.409. The van der Waals surface area contributed by atoms with Crippen molar-refractivity contribution in [2.75, 3.05) is 6.54 Å². The Bertz CT molecular complexity index is 507. The second-order valence-corrected chi connectivity index (χ2v) is 5.05. The molecule has 0 saturated heterocycles. The fraction of sp³-hybridized carbons (Fsp3) is 0.400. The molecular weight excluding hydrogens is 260 g/mol. The van der Waals surface area contributed by atoms with E-state index in [1.54, 1.807) is 6.07 Å². The molecule has 0 fully saturated rings. The van der Waals surface area contributed by atoms with Crippen LogP contribution in [0.5, 0.6) is 0 Å². The fourth-order valence-corrected chi connectivity index (χ4v) is 2.09. The summed E-state index contributed by atoms with van der Waals surface area (Å²) in [7, 11) is 0. The first-order valence-corrected chi connectivity index (χ1v) is 6.97. The molecule has 0 aliphatic carbocycles. The fourth-order valence-electron chi connectivity index (χ4n) is 1.94. The van der Waals surface area contributed by atoms with Crippen molar-refractivity contribution in [1.29, 1.82) is 0 Å². The largest absolute Gasteiger partial charge is 0.448 e. The van der Waals surface area contributed by atoms with Gasteiger partial charge in [0, 0.05) is 18.3 Å². The molecule has 0 aliphatic rings. The Kier molecular flexibility index (Phi) is 5.00. The molecule has 0 spiro atoms. The number of aromatic nitrogens is 1. The maximum atomic E-state index is 5.85. The van der Waals surface area contributed by atoms with Crippen molar-refractivity contribution < 1.29 is 4.42 Å². The molecule has 0 saturated carbocycles. The summed E-state index contributed by atoms with van der Waals surface area (Å²) in [5.41, 5.74) is 2.22. The average Bonchev–Trinajstić information content (AvgIpc) is 2.83. The van der Waals surface area contributed by atoms with E-state index in [0.717, 1.165) is 30.8 Å². The normalized spacial score (nSPS) is 12.6. The van der Waals surface area contributed by atoms with E-state index in [-0.39, 0.29) is 6.04 Å². The molecule has 1 atom stereocenters. The zero-order chi connectivity index (χ0) is 13.7. The van der Waals surface area contributed by atoms with Gasteiger partial charge in [0.05, 0.1) is 6.04 Å². The van der Waals surface area contributed by atoms with Gasteiger partial charge in [-0.05, 0) is 55.3 Å². The van der Waals surface area contributed by atoms with E-state index in [2.05, 4.69) is 29.4 Å². The van der Waals surface area contributed by atoms with Gasteiger partial charge in [-0.3, -0.25) is 4.98 Å². The third-order valence-electron chi connectivity index (χ3n) is 2.96. The van der Waals surface area contributed by atoms with E-state index in [1.807, 2.05) is 19.2 Å². The molecule has 2 heterocycles. The zero-order valence-electron chi connectivity index (χ0n) is 11.3. The Hall–Kier alpha value is -1.32. The Morgan fingerprint density at radius 3 is 2.74 bits per heavy atom. The third kappa shape index (κ3) is 4.08. The second-order valence-electron chi connectivity index (χ2n) is 4.68. The predicted molar refractivity (Wildman–Crippen MR) is 77.4 cm³/mol. The highest BCUT2D eigenvalue weighted by atomic mass is 35.5. The molecule has 102 valence electrons. The molecule has 1 N–H and O–H groups in total. The number of nitrogens with one attached hydrogen (secondary N) is 1. The van der Waals surface area contributed by atoms with Crippen LogP contribution in [0.25, 0.3) is 0 Å². The minimum Gasteiger partial charge on any atom is -0.448 e. The van der Waals surface area contributed by atoms with Gasteiger partial charge in [-0.1, -0.05) is 13.0 Å². The highest BCUT2D eigenvalue weighted by Gasteiger charge is 2.16. The van der Waals surface area contributed by atoms with E-state index in [0.29, 0.717) is 5.22 Å². The number of halogens is 1. The molecule has 3 nitrogen and oxygen atoms in total. The van der Waals surface area contributed by atoms with E-state index in [9.17, 15) is 0 Å². The van der Waals surface area contributed by atoms with Gasteiger partial charge in [0.25, 0.3) is 0 Å². The summed E-state index contributed by atoms with van der Waals surface area (Å²) in [6, 6.07) is 7.95. The number of furan rings is 1. The highest BCUT2D eigenvalue weighted by molar-refractivity contribution is 6.28. The SMILES string of the molecule is CCCNC(Cc1ccc(C)cn1)c1ccc(Cl)o1. The van der Waals surface area contributed by atoms with Crippen molar-refractivity contribution in [2.24, 2.45) is 0 Å². The van der Waals surface area contributed by atoms with Crippen LogP contribution < -0.4 is 5.32 Å². The lowest BCUT2D eigenvalue weighted by Crippen LogP contribution is -2.24. The topological polar surface area (TPSA) is 38.1 Å². The number of hydrogen-bond acceptors (Lipinski definition) is 3. The van der Waals surface area contributed by atoms with Crippen LogP contribution in [-0.2, 0) is 6.42 Å². The Labute approximate surface area is 119 Å². The van der Waals surface area contributed by atoms with Gasteiger partial charge in [-0.25, -0.2) is 0 Å². The lowest BCUT2D eigenvalue weighted by atomic mass is 10.1. The molecule has 0 amide bonds. The number of pyridine rings is 1. The molecule has 2 aromatic heterocycles. The number of nitrogens with zero attached hydrogens (tertiary/aromatic N) is 1. The number of aryl methyl sites for hydroxylation is 1. The summed E-state index contributed by atoms with van der Waals surface area (Å²) < 4.78 is 5.51. The van der Waals surface area contributed by atoms with Gasteiger partial charge < -0.3 is 9.73 Å². The summed E-state index contributed by atoms with van der Waals surface area (Å²) in [6.45, 7) is 5.12. The van der Waals surface area contributed by atoms with E-state index >= 15 is 0 Å². The summed E-state index contributed by atoms with van der Waals surface area (Å²) in [4.78, 5) is 4.44. The van der Waals surface area contributed by atoms with Crippen LogP contribution in [0.15, 0.2) is 34.9 Å². The van der Waals surface area contributed by atoms with Crippen molar-refractivity contribution in [2.45, 2.75) is 32.7 Å². The first-order chi connectivity index (χ1) is 9.19. The maximum Gasteiger partial charge on any atom is 0.193 e. The smallest absolute Gasteiger partial charge is 0.193 e. The van der Waals surface area contributed by atoms with Crippen LogP contribution in [-0.4, -0.2) is 11.5 Å². The van der Waals surface area contributed by atoms with Crippen molar-refractivity contribution in [3.63, 3.8) is 0 Å². The minimum absolute atomic E-state index is 0.114.